The van der Waals surface area contributed by atoms with Gasteiger partial charge in [0.25, 0.3) is 0 Å². The topological polar surface area (TPSA) is 53.9 Å². The van der Waals surface area contributed by atoms with Gasteiger partial charge in [0.2, 0.25) is 0 Å². The second kappa shape index (κ2) is 7.78. The van der Waals surface area contributed by atoms with Crippen LogP contribution in [0.2, 0.25) is 0 Å². The molecule has 0 bridgehead atoms. The fourth-order valence-corrected chi connectivity index (χ4v) is 4.04. The molecule has 2 aromatic rings. The number of aryl methyl sites for hydroxylation is 1. The van der Waals surface area contributed by atoms with Gasteiger partial charge in [0.05, 0.1) is 10.7 Å². The van der Waals surface area contributed by atoms with Crippen LogP contribution in [0.5, 0.6) is 0 Å². The average Bonchev–Trinajstić information content (AvgIpc) is 3.04. The van der Waals surface area contributed by atoms with E-state index in [1.807, 2.05) is 11.8 Å². The van der Waals surface area contributed by atoms with Gasteiger partial charge in [-0.25, -0.2) is 15.0 Å². The lowest BCUT2D eigenvalue weighted by Gasteiger charge is -2.27. The Morgan fingerprint density at radius 3 is 2.91 bits per heavy atom. The predicted octanol–water partition coefficient (Wildman–Crippen LogP) is 2.70. The molecule has 3 rings (SSSR count). The van der Waals surface area contributed by atoms with E-state index in [-0.39, 0.29) is 0 Å². The molecular formula is C15H21N5S2. The zero-order valence-electron chi connectivity index (χ0n) is 12.8. The maximum Gasteiger partial charge on any atom is 0.134 e. The minimum atomic E-state index is 0.846. The van der Waals surface area contributed by atoms with Crippen molar-refractivity contribution in [2.24, 2.45) is 0 Å². The number of hydrogen-bond acceptors (Lipinski definition) is 7. The molecule has 2 aromatic heterocycles. The highest BCUT2D eigenvalue weighted by atomic mass is 32.2. The van der Waals surface area contributed by atoms with Crippen molar-refractivity contribution in [1.29, 1.82) is 0 Å². The molecule has 1 aliphatic heterocycles. The largest absolute Gasteiger partial charge is 0.370 e. The first-order valence-electron chi connectivity index (χ1n) is 7.67. The van der Waals surface area contributed by atoms with Gasteiger partial charge in [-0.2, -0.15) is 11.8 Å². The molecule has 22 heavy (non-hydrogen) atoms. The van der Waals surface area contributed by atoms with Gasteiger partial charge in [0.1, 0.15) is 18.0 Å². The number of nitrogens with zero attached hydrogens (tertiary/aromatic N) is 4. The number of aromatic nitrogens is 3. The molecule has 118 valence electrons. The number of hydrogen-bond donors (Lipinski definition) is 1. The minimum absolute atomic E-state index is 0.846. The van der Waals surface area contributed by atoms with Gasteiger partial charge in [-0.05, 0) is 6.42 Å². The molecule has 0 radical (unpaired) electrons. The zero-order chi connectivity index (χ0) is 15.2. The van der Waals surface area contributed by atoms with Crippen LogP contribution >= 0.6 is 23.1 Å². The van der Waals surface area contributed by atoms with Crippen LogP contribution < -0.4 is 10.2 Å². The van der Waals surface area contributed by atoms with Crippen molar-refractivity contribution in [3.05, 3.63) is 28.5 Å². The van der Waals surface area contributed by atoms with E-state index < -0.39 is 0 Å². The van der Waals surface area contributed by atoms with Crippen molar-refractivity contribution < 1.29 is 0 Å². The number of thiazole rings is 1. The van der Waals surface area contributed by atoms with Crippen LogP contribution in [0.4, 0.5) is 11.6 Å². The highest BCUT2D eigenvalue weighted by molar-refractivity contribution is 7.99. The summed E-state index contributed by atoms with van der Waals surface area (Å²) in [4.78, 5) is 15.6. The van der Waals surface area contributed by atoms with E-state index in [2.05, 4.69) is 43.5 Å². The van der Waals surface area contributed by atoms with E-state index in [9.17, 15) is 0 Å². The molecule has 0 spiro atoms. The van der Waals surface area contributed by atoms with Gasteiger partial charge < -0.3 is 10.2 Å². The molecule has 0 amide bonds. The first-order valence-corrected chi connectivity index (χ1v) is 9.70. The number of anilines is 2. The Labute approximate surface area is 139 Å². The van der Waals surface area contributed by atoms with Crippen molar-refractivity contribution in [2.45, 2.75) is 19.8 Å². The number of nitrogens with one attached hydrogen (secondary N) is 1. The molecule has 7 heteroatoms. The summed E-state index contributed by atoms with van der Waals surface area (Å²) < 4.78 is 0. The van der Waals surface area contributed by atoms with Crippen LogP contribution in [0.25, 0.3) is 0 Å². The van der Waals surface area contributed by atoms with Crippen LogP contribution in [0, 0.1) is 0 Å². The van der Waals surface area contributed by atoms with E-state index in [0.29, 0.717) is 0 Å². The van der Waals surface area contributed by atoms with Gasteiger partial charge in [-0.3, -0.25) is 0 Å². The van der Waals surface area contributed by atoms with Gasteiger partial charge in [-0.1, -0.05) is 6.92 Å². The Morgan fingerprint density at radius 1 is 1.27 bits per heavy atom. The third-order valence-corrected chi connectivity index (χ3v) is 5.56. The molecular weight excluding hydrogens is 314 g/mol. The van der Waals surface area contributed by atoms with E-state index in [1.54, 1.807) is 17.7 Å². The molecule has 1 N–H and O–H groups in total. The number of thioether (sulfide) groups is 1. The van der Waals surface area contributed by atoms with Crippen molar-refractivity contribution in [1.82, 2.24) is 15.0 Å². The van der Waals surface area contributed by atoms with Gasteiger partial charge in [0, 0.05) is 49.0 Å². The zero-order valence-corrected chi connectivity index (χ0v) is 14.4. The molecule has 0 unspecified atom stereocenters. The van der Waals surface area contributed by atoms with Crippen LogP contribution in [-0.2, 0) is 12.8 Å². The predicted molar refractivity (Wildman–Crippen MR) is 95.3 cm³/mol. The molecule has 0 aliphatic carbocycles. The lowest BCUT2D eigenvalue weighted by molar-refractivity contribution is 0.834. The standard InChI is InChI=1S/C15H21N5S2/c1-2-15-19-12(10-22-15)3-4-16-13-9-14(18-11-17-13)20-5-7-21-8-6-20/h9-11H,2-8H2,1H3,(H,16,17,18). The van der Waals surface area contributed by atoms with E-state index in [4.69, 9.17) is 0 Å². The maximum absolute atomic E-state index is 4.59. The molecule has 1 fully saturated rings. The third kappa shape index (κ3) is 4.10. The second-order valence-electron chi connectivity index (χ2n) is 5.12. The first kappa shape index (κ1) is 15.6. The Balaban J connectivity index is 1.53. The monoisotopic (exact) mass is 335 g/mol. The Kier molecular flexibility index (Phi) is 5.50. The molecule has 3 heterocycles. The van der Waals surface area contributed by atoms with Crippen LogP contribution in [0.15, 0.2) is 17.8 Å². The molecule has 5 nitrogen and oxygen atoms in total. The molecule has 0 saturated carbocycles. The van der Waals surface area contributed by atoms with Crippen molar-refractivity contribution in [3.63, 3.8) is 0 Å². The van der Waals surface area contributed by atoms with E-state index in [0.717, 1.165) is 49.8 Å². The fourth-order valence-electron chi connectivity index (χ4n) is 2.35. The number of rotatable bonds is 6. The molecule has 0 aromatic carbocycles. The van der Waals surface area contributed by atoms with Crippen LogP contribution in [-0.4, -0.2) is 46.1 Å². The first-order chi connectivity index (χ1) is 10.8. The normalized spacial score (nSPS) is 15.0. The van der Waals surface area contributed by atoms with E-state index >= 15 is 0 Å². The smallest absolute Gasteiger partial charge is 0.134 e. The van der Waals surface area contributed by atoms with Crippen molar-refractivity contribution in [2.75, 3.05) is 41.4 Å². The molecule has 1 saturated heterocycles. The molecule has 0 atom stereocenters. The summed E-state index contributed by atoms with van der Waals surface area (Å²) in [5.74, 6) is 4.28. The summed E-state index contributed by atoms with van der Waals surface area (Å²) >= 11 is 3.75. The van der Waals surface area contributed by atoms with Crippen molar-refractivity contribution in [3.8, 4) is 0 Å². The van der Waals surface area contributed by atoms with Crippen LogP contribution in [0.1, 0.15) is 17.6 Å². The summed E-state index contributed by atoms with van der Waals surface area (Å²) in [6.07, 6.45) is 3.59. The van der Waals surface area contributed by atoms with Gasteiger partial charge in [-0.15, -0.1) is 11.3 Å². The Hall–Kier alpha value is -1.34. The summed E-state index contributed by atoms with van der Waals surface area (Å²) in [7, 11) is 0. The fraction of sp³-hybridized carbons (Fsp3) is 0.533. The quantitative estimate of drug-likeness (QED) is 0.876. The Morgan fingerprint density at radius 2 is 2.14 bits per heavy atom. The lowest BCUT2D eigenvalue weighted by atomic mass is 10.3. The lowest BCUT2D eigenvalue weighted by Crippen LogP contribution is -2.33. The highest BCUT2D eigenvalue weighted by Crippen LogP contribution is 2.19. The minimum Gasteiger partial charge on any atom is -0.370 e. The van der Waals surface area contributed by atoms with Crippen molar-refractivity contribution >= 4 is 34.7 Å². The summed E-state index contributed by atoms with van der Waals surface area (Å²) in [6.45, 7) is 5.13. The maximum atomic E-state index is 4.59. The second-order valence-corrected chi connectivity index (χ2v) is 7.29. The summed E-state index contributed by atoms with van der Waals surface area (Å²) in [6, 6.07) is 2.05. The molecule has 1 aliphatic rings. The van der Waals surface area contributed by atoms with Crippen LogP contribution in [0.3, 0.4) is 0 Å². The van der Waals surface area contributed by atoms with Gasteiger partial charge in [0.15, 0.2) is 0 Å². The van der Waals surface area contributed by atoms with Gasteiger partial charge >= 0.3 is 0 Å². The third-order valence-electron chi connectivity index (χ3n) is 3.58. The summed E-state index contributed by atoms with van der Waals surface area (Å²) in [5, 5.41) is 6.74. The summed E-state index contributed by atoms with van der Waals surface area (Å²) in [5.41, 5.74) is 1.16. The highest BCUT2D eigenvalue weighted by Gasteiger charge is 2.12. The van der Waals surface area contributed by atoms with E-state index in [1.165, 1.54) is 16.5 Å². The SMILES string of the molecule is CCc1nc(CCNc2cc(N3CCSCC3)ncn2)cs1. The average molecular weight is 336 g/mol. The Bertz CT molecular complexity index is 595.